The average Bonchev–Trinajstić information content (AvgIpc) is 3.04. The minimum Gasteiger partial charge on any atom is -0.478 e. The molecule has 1 fully saturated rings. The fourth-order valence-electron chi connectivity index (χ4n) is 3.30. The molecule has 0 bridgehead atoms. The van der Waals surface area contributed by atoms with Crippen LogP contribution in [0.5, 0.6) is 0 Å². The van der Waals surface area contributed by atoms with E-state index in [4.69, 9.17) is 11.6 Å². The van der Waals surface area contributed by atoms with Crippen LogP contribution < -0.4 is 4.90 Å². The van der Waals surface area contributed by atoms with E-state index < -0.39 is 5.97 Å². The molecule has 1 N–H and O–H groups in total. The van der Waals surface area contributed by atoms with Crippen molar-refractivity contribution in [3.8, 4) is 0 Å². The maximum atomic E-state index is 11.4. The van der Waals surface area contributed by atoms with Crippen LogP contribution in [0.4, 0.5) is 5.95 Å². The third-order valence-corrected chi connectivity index (χ3v) is 4.70. The van der Waals surface area contributed by atoms with Gasteiger partial charge >= 0.3 is 5.97 Å². The maximum absolute atomic E-state index is 11.4. The predicted octanol–water partition coefficient (Wildman–Crippen LogP) is 4.37. The number of benzene rings is 1. The zero-order valence-corrected chi connectivity index (χ0v) is 15.2. The van der Waals surface area contributed by atoms with E-state index in [1.165, 1.54) is 11.8 Å². The Morgan fingerprint density at radius 1 is 1.36 bits per heavy atom. The van der Waals surface area contributed by atoms with E-state index in [2.05, 4.69) is 28.7 Å². The van der Waals surface area contributed by atoms with Gasteiger partial charge in [-0.1, -0.05) is 37.6 Å². The molecule has 5 nitrogen and oxygen atoms in total. The van der Waals surface area contributed by atoms with Crippen LogP contribution in [0.1, 0.15) is 54.3 Å². The SMILES string of the molecule is CC(C)Cc1nc(N2CCCC2c2ccc(Cl)cc2)ncc1C(=O)O. The lowest BCUT2D eigenvalue weighted by atomic mass is 10.0. The molecule has 0 aliphatic carbocycles. The molecule has 3 rings (SSSR count). The van der Waals surface area contributed by atoms with Gasteiger partial charge in [-0.25, -0.2) is 14.8 Å². The van der Waals surface area contributed by atoms with Gasteiger partial charge in [0.1, 0.15) is 0 Å². The van der Waals surface area contributed by atoms with Crippen LogP contribution in [0.25, 0.3) is 0 Å². The van der Waals surface area contributed by atoms with Gasteiger partial charge in [0.15, 0.2) is 0 Å². The summed E-state index contributed by atoms with van der Waals surface area (Å²) in [4.78, 5) is 22.6. The molecular formula is C19H22ClN3O2. The van der Waals surface area contributed by atoms with Gasteiger partial charge in [0.2, 0.25) is 5.95 Å². The summed E-state index contributed by atoms with van der Waals surface area (Å²) in [5.41, 5.74) is 1.98. The number of carbonyl (C=O) groups is 1. The Kier molecular flexibility index (Phi) is 5.23. The van der Waals surface area contributed by atoms with Crippen molar-refractivity contribution in [1.82, 2.24) is 9.97 Å². The lowest BCUT2D eigenvalue weighted by molar-refractivity contribution is 0.0694. The van der Waals surface area contributed by atoms with E-state index in [-0.39, 0.29) is 11.6 Å². The van der Waals surface area contributed by atoms with Crippen LogP contribution >= 0.6 is 11.6 Å². The van der Waals surface area contributed by atoms with Crippen LogP contribution in [0.15, 0.2) is 30.5 Å². The Morgan fingerprint density at radius 3 is 2.72 bits per heavy atom. The van der Waals surface area contributed by atoms with E-state index in [9.17, 15) is 9.90 Å². The number of hydrogen-bond acceptors (Lipinski definition) is 4. The Morgan fingerprint density at radius 2 is 2.08 bits per heavy atom. The number of halogens is 1. The van der Waals surface area contributed by atoms with Gasteiger partial charge in [0.25, 0.3) is 0 Å². The second-order valence-electron chi connectivity index (χ2n) is 6.84. The highest BCUT2D eigenvalue weighted by Crippen LogP contribution is 2.35. The van der Waals surface area contributed by atoms with Crippen LogP contribution in [-0.4, -0.2) is 27.6 Å². The molecule has 0 saturated carbocycles. The summed E-state index contributed by atoms with van der Waals surface area (Å²) < 4.78 is 0. The quantitative estimate of drug-likeness (QED) is 0.858. The highest BCUT2D eigenvalue weighted by atomic mass is 35.5. The maximum Gasteiger partial charge on any atom is 0.339 e. The van der Waals surface area contributed by atoms with Crippen LogP contribution in [0.3, 0.4) is 0 Å². The minimum absolute atomic E-state index is 0.194. The third kappa shape index (κ3) is 3.93. The average molecular weight is 360 g/mol. The number of rotatable bonds is 5. The van der Waals surface area contributed by atoms with Gasteiger partial charge in [0.05, 0.1) is 17.3 Å². The van der Waals surface area contributed by atoms with Crippen molar-refractivity contribution in [2.45, 2.75) is 39.2 Å². The van der Waals surface area contributed by atoms with Crippen LogP contribution in [0.2, 0.25) is 5.02 Å². The van der Waals surface area contributed by atoms with Gasteiger partial charge < -0.3 is 10.0 Å². The standard InChI is InChI=1S/C19H22ClN3O2/c1-12(2)10-16-15(18(24)25)11-21-19(22-16)23-9-3-4-17(23)13-5-7-14(20)8-6-13/h5-8,11-12,17H,3-4,9-10H2,1-2H3,(H,24,25). The summed E-state index contributed by atoms with van der Waals surface area (Å²) in [6, 6.07) is 8.05. The Balaban J connectivity index is 1.94. The minimum atomic E-state index is -0.974. The molecule has 1 atom stereocenters. The molecule has 1 aliphatic heterocycles. The first kappa shape index (κ1) is 17.7. The monoisotopic (exact) mass is 359 g/mol. The topological polar surface area (TPSA) is 66.3 Å². The molecule has 2 aromatic rings. The fourth-order valence-corrected chi connectivity index (χ4v) is 3.43. The van der Waals surface area contributed by atoms with Crippen molar-refractivity contribution in [1.29, 1.82) is 0 Å². The lowest BCUT2D eigenvalue weighted by Crippen LogP contribution is -2.25. The molecule has 1 aliphatic rings. The van der Waals surface area contributed by atoms with Gasteiger partial charge in [-0.3, -0.25) is 0 Å². The number of aromatic nitrogens is 2. The summed E-state index contributed by atoms with van der Waals surface area (Å²) >= 11 is 5.99. The number of hydrogen-bond donors (Lipinski definition) is 1. The summed E-state index contributed by atoms with van der Waals surface area (Å²) in [7, 11) is 0. The van der Waals surface area contributed by atoms with Crippen LogP contribution in [-0.2, 0) is 6.42 Å². The molecule has 0 amide bonds. The molecule has 25 heavy (non-hydrogen) atoms. The third-order valence-electron chi connectivity index (χ3n) is 4.45. The highest BCUT2D eigenvalue weighted by molar-refractivity contribution is 6.30. The molecule has 1 aromatic heterocycles. The molecular weight excluding hydrogens is 338 g/mol. The van der Waals surface area contributed by atoms with Crippen molar-refractivity contribution in [2.24, 2.45) is 5.92 Å². The Labute approximate surface area is 152 Å². The molecule has 1 saturated heterocycles. The van der Waals surface area contributed by atoms with E-state index in [1.807, 2.05) is 24.3 Å². The summed E-state index contributed by atoms with van der Waals surface area (Å²) in [6.07, 6.45) is 4.14. The molecule has 2 heterocycles. The molecule has 0 spiro atoms. The summed E-state index contributed by atoms with van der Waals surface area (Å²) in [5, 5.41) is 10.1. The first-order chi connectivity index (χ1) is 12.0. The number of aromatic carboxylic acids is 1. The van der Waals surface area contributed by atoms with Crippen LogP contribution in [0, 0.1) is 5.92 Å². The van der Waals surface area contributed by atoms with E-state index in [1.54, 1.807) is 0 Å². The zero-order chi connectivity index (χ0) is 18.0. The first-order valence-corrected chi connectivity index (χ1v) is 8.95. The van der Waals surface area contributed by atoms with Crippen molar-refractivity contribution in [3.05, 3.63) is 52.3 Å². The fraction of sp³-hybridized carbons (Fsp3) is 0.421. The van der Waals surface area contributed by atoms with Gasteiger partial charge in [0, 0.05) is 17.8 Å². The van der Waals surface area contributed by atoms with Crippen molar-refractivity contribution < 1.29 is 9.90 Å². The summed E-state index contributed by atoms with van der Waals surface area (Å²) in [5.74, 6) is -0.0394. The number of anilines is 1. The smallest absolute Gasteiger partial charge is 0.339 e. The highest BCUT2D eigenvalue weighted by Gasteiger charge is 2.29. The number of carboxylic acid groups (broad SMARTS) is 1. The largest absolute Gasteiger partial charge is 0.478 e. The van der Waals surface area contributed by atoms with Gasteiger partial charge in [-0.05, 0) is 42.9 Å². The van der Waals surface area contributed by atoms with E-state index >= 15 is 0 Å². The van der Waals surface area contributed by atoms with Crippen molar-refractivity contribution >= 4 is 23.5 Å². The Hall–Kier alpha value is -2.14. The first-order valence-electron chi connectivity index (χ1n) is 8.57. The number of nitrogens with zero attached hydrogens (tertiary/aromatic N) is 3. The van der Waals surface area contributed by atoms with Crippen molar-refractivity contribution in [3.63, 3.8) is 0 Å². The van der Waals surface area contributed by atoms with E-state index in [0.717, 1.165) is 24.4 Å². The van der Waals surface area contributed by atoms with E-state index in [0.29, 0.717) is 24.0 Å². The number of carboxylic acids is 1. The molecule has 6 heteroatoms. The molecule has 132 valence electrons. The van der Waals surface area contributed by atoms with Gasteiger partial charge in [-0.2, -0.15) is 0 Å². The second kappa shape index (κ2) is 7.40. The zero-order valence-electron chi connectivity index (χ0n) is 14.4. The van der Waals surface area contributed by atoms with Gasteiger partial charge in [-0.15, -0.1) is 0 Å². The molecule has 0 radical (unpaired) electrons. The molecule has 1 aromatic carbocycles. The normalized spacial score (nSPS) is 17.3. The second-order valence-corrected chi connectivity index (χ2v) is 7.27. The van der Waals surface area contributed by atoms with Crippen molar-refractivity contribution in [2.75, 3.05) is 11.4 Å². The lowest BCUT2D eigenvalue weighted by Gasteiger charge is -2.25. The Bertz CT molecular complexity index is 762. The summed E-state index contributed by atoms with van der Waals surface area (Å²) in [6.45, 7) is 4.97. The predicted molar refractivity (Wildman–Crippen MR) is 98.3 cm³/mol. The molecule has 1 unspecified atom stereocenters.